The first-order chi connectivity index (χ1) is 14.1. The van der Waals surface area contributed by atoms with E-state index in [9.17, 15) is 10.1 Å². The fourth-order valence-corrected chi connectivity index (χ4v) is 2.73. The number of anilines is 2. The number of nitro benzene ring substituents is 1. The topological polar surface area (TPSA) is 80.0 Å². The van der Waals surface area contributed by atoms with E-state index in [2.05, 4.69) is 10.4 Å². The van der Waals surface area contributed by atoms with E-state index in [0.717, 1.165) is 17.1 Å². The molecule has 0 bridgehead atoms. The van der Waals surface area contributed by atoms with Gasteiger partial charge in [-0.05, 0) is 66.3 Å². The first-order valence-corrected chi connectivity index (χ1v) is 9.06. The van der Waals surface area contributed by atoms with Crippen molar-refractivity contribution in [2.24, 2.45) is 5.10 Å². The van der Waals surface area contributed by atoms with Crippen molar-refractivity contribution in [3.8, 4) is 5.75 Å². The molecule has 0 fully saturated rings. The van der Waals surface area contributed by atoms with Crippen LogP contribution >= 0.6 is 12.2 Å². The number of hydrazone groups is 1. The summed E-state index contributed by atoms with van der Waals surface area (Å²) in [7, 11) is 1.60. The third kappa shape index (κ3) is 5.36. The lowest BCUT2D eigenvalue weighted by Crippen LogP contribution is -2.30. The molecule has 0 radical (unpaired) electrons. The van der Waals surface area contributed by atoms with Crippen LogP contribution < -0.4 is 15.1 Å². The molecule has 0 aromatic heterocycles. The summed E-state index contributed by atoms with van der Waals surface area (Å²) in [6.07, 6.45) is 1.59. The average Bonchev–Trinajstić information content (AvgIpc) is 2.75. The number of non-ortho nitro benzene ring substituents is 1. The Labute approximate surface area is 173 Å². The lowest BCUT2D eigenvalue weighted by Gasteiger charge is -2.21. The highest BCUT2D eigenvalue weighted by atomic mass is 32.1. The smallest absolute Gasteiger partial charge is 0.269 e. The van der Waals surface area contributed by atoms with Crippen LogP contribution in [-0.4, -0.2) is 23.4 Å². The lowest BCUT2D eigenvalue weighted by atomic mass is 10.2. The van der Waals surface area contributed by atoms with E-state index in [1.165, 1.54) is 12.1 Å². The predicted molar refractivity (Wildman–Crippen MR) is 119 cm³/mol. The highest BCUT2D eigenvalue weighted by Gasteiger charge is 2.12. The van der Waals surface area contributed by atoms with Crippen molar-refractivity contribution in [3.05, 3.63) is 94.5 Å². The van der Waals surface area contributed by atoms with Crippen molar-refractivity contribution in [1.29, 1.82) is 0 Å². The average molecular weight is 406 g/mol. The standard InChI is InChI=1S/C21H18N4O3S/c1-28-20-13-11-18(12-14-20)24(21(29)23-17-5-3-2-4-6-17)22-15-16-7-9-19(10-8-16)25(26)27/h2-15H,1H3,(H,23,29)/b22-15+. The Morgan fingerprint density at radius 3 is 2.31 bits per heavy atom. The number of para-hydroxylation sites is 1. The van der Waals surface area contributed by atoms with E-state index >= 15 is 0 Å². The molecule has 0 unspecified atom stereocenters. The summed E-state index contributed by atoms with van der Waals surface area (Å²) in [5, 5.41) is 20.4. The quantitative estimate of drug-likeness (QED) is 0.273. The van der Waals surface area contributed by atoms with Gasteiger partial charge in [-0.3, -0.25) is 10.1 Å². The summed E-state index contributed by atoms with van der Waals surface area (Å²) >= 11 is 5.55. The molecule has 8 heteroatoms. The molecule has 0 aliphatic carbocycles. The van der Waals surface area contributed by atoms with Crippen LogP contribution in [0.1, 0.15) is 5.56 Å². The number of hydrogen-bond donors (Lipinski definition) is 1. The number of nitro groups is 1. The molecule has 0 saturated heterocycles. The third-order valence-corrected chi connectivity index (χ3v) is 4.24. The Kier molecular flexibility index (Phi) is 6.49. The zero-order valence-electron chi connectivity index (χ0n) is 15.6. The summed E-state index contributed by atoms with van der Waals surface area (Å²) in [6, 6.07) is 23.0. The summed E-state index contributed by atoms with van der Waals surface area (Å²) in [5.41, 5.74) is 2.30. The Morgan fingerprint density at radius 2 is 1.72 bits per heavy atom. The van der Waals surface area contributed by atoms with E-state index in [0.29, 0.717) is 10.7 Å². The number of ether oxygens (including phenoxy) is 1. The SMILES string of the molecule is COc1ccc(N(/N=C/c2ccc([N+](=O)[O-])cc2)C(=S)Nc2ccccc2)cc1. The summed E-state index contributed by atoms with van der Waals surface area (Å²) in [4.78, 5) is 10.4. The highest BCUT2D eigenvalue weighted by Crippen LogP contribution is 2.21. The summed E-state index contributed by atoms with van der Waals surface area (Å²) in [5.74, 6) is 0.718. The van der Waals surface area contributed by atoms with Crippen LogP contribution in [0.4, 0.5) is 17.1 Å². The first-order valence-electron chi connectivity index (χ1n) is 8.65. The van der Waals surface area contributed by atoms with Crippen LogP contribution in [0.3, 0.4) is 0 Å². The van der Waals surface area contributed by atoms with Gasteiger partial charge in [-0.25, -0.2) is 5.01 Å². The van der Waals surface area contributed by atoms with E-state index < -0.39 is 4.92 Å². The normalized spacial score (nSPS) is 10.5. The molecule has 3 aromatic carbocycles. The molecule has 3 rings (SSSR count). The van der Waals surface area contributed by atoms with Gasteiger partial charge >= 0.3 is 0 Å². The maximum atomic E-state index is 10.8. The Morgan fingerprint density at radius 1 is 1.07 bits per heavy atom. The molecular formula is C21H18N4O3S. The second-order valence-electron chi connectivity index (χ2n) is 5.90. The van der Waals surface area contributed by atoms with Crippen LogP contribution in [0.5, 0.6) is 5.75 Å². The van der Waals surface area contributed by atoms with Crippen molar-refractivity contribution in [3.63, 3.8) is 0 Å². The molecule has 0 aliphatic heterocycles. The Hall–Kier alpha value is -3.78. The number of nitrogens with one attached hydrogen (secondary N) is 1. The minimum absolute atomic E-state index is 0.0235. The van der Waals surface area contributed by atoms with Gasteiger partial charge in [0.1, 0.15) is 5.75 Å². The zero-order valence-corrected chi connectivity index (χ0v) is 16.4. The molecule has 3 aromatic rings. The van der Waals surface area contributed by atoms with Gasteiger partial charge in [-0.15, -0.1) is 0 Å². The fourth-order valence-electron chi connectivity index (χ4n) is 2.46. The van der Waals surface area contributed by atoms with E-state index in [1.54, 1.807) is 30.5 Å². The third-order valence-electron chi connectivity index (χ3n) is 3.96. The minimum Gasteiger partial charge on any atom is -0.497 e. The number of rotatable bonds is 6. The van der Waals surface area contributed by atoms with Crippen molar-refractivity contribution in [2.45, 2.75) is 0 Å². The van der Waals surface area contributed by atoms with Gasteiger partial charge in [0.15, 0.2) is 5.11 Å². The number of nitrogens with zero attached hydrogens (tertiary/aromatic N) is 3. The van der Waals surface area contributed by atoms with Crippen molar-refractivity contribution in [2.75, 3.05) is 17.4 Å². The zero-order chi connectivity index (χ0) is 20.6. The van der Waals surface area contributed by atoms with Crippen LogP contribution in [0, 0.1) is 10.1 Å². The van der Waals surface area contributed by atoms with E-state index in [-0.39, 0.29) is 5.69 Å². The van der Waals surface area contributed by atoms with E-state index in [4.69, 9.17) is 17.0 Å². The number of benzene rings is 3. The van der Waals surface area contributed by atoms with Crippen molar-refractivity contribution < 1.29 is 9.66 Å². The molecule has 7 nitrogen and oxygen atoms in total. The van der Waals surface area contributed by atoms with Gasteiger partial charge in [-0.2, -0.15) is 5.10 Å². The fraction of sp³-hybridized carbons (Fsp3) is 0.0476. The largest absolute Gasteiger partial charge is 0.497 e. The van der Waals surface area contributed by atoms with Gasteiger partial charge in [-0.1, -0.05) is 18.2 Å². The monoisotopic (exact) mass is 406 g/mol. The predicted octanol–water partition coefficient (Wildman–Crippen LogP) is 4.84. The number of methoxy groups -OCH3 is 1. The molecule has 1 N–H and O–H groups in total. The molecule has 0 spiro atoms. The number of hydrogen-bond acceptors (Lipinski definition) is 5. The first kappa shape index (κ1) is 20.0. The Bertz CT molecular complexity index is 1010. The Balaban J connectivity index is 1.86. The summed E-state index contributed by atoms with van der Waals surface area (Å²) < 4.78 is 5.20. The maximum absolute atomic E-state index is 10.8. The molecular weight excluding hydrogens is 388 g/mol. The van der Waals surface area contributed by atoms with Crippen LogP contribution in [0.15, 0.2) is 84.0 Å². The van der Waals surface area contributed by atoms with Crippen molar-refractivity contribution in [1.82, 2.24) is 0 Å². The van der Waals surface area contributed by atoms with Crippen molar-refractivity contribution >= 4 is 40.6 Å². The minimum atomic E-state index is -0.441. The summed E-state index contributed by atoms with van der Waals surface area (Å²) in [6.45, 7) is 0. The highest BCUT2D eigenvalue weighted by molar-refractivity contribution is 7.80. The second-order valence-corrected chi connectivity index (χ2v) is 6.29. The molecule has 0 aliphatic rings. The lowest BCUT2D eigenvalue weighted by molar-refractivity contribution is -0.384. The molecule has 146 valence electrons. The van der Waals surface area contributed by atoms with Gasteiger partial charge in [0, 0.05) is 17.8 Å². The molecule has 0 heterocycles. The van der Waals surface area contributed by atoms with Crippen LogP contribution in [-0.2, 0) is 0 Å². The molecule has 0 saturated carbocycles. The van der Waals surface area contributed by atoms with Gasteiger partial charge in [0.25, 0.3) is 5.69 Å². The second kappa shape index (κ2) is 9.43. The van der Waals surface area contributed by atoms with Crippen LogP contribution in [0.25, 0.3) is 0 Å². The van der Waals surface area contributed by atoms with Crippen LogP contribution in [0.2, 0.25) is 0 Å². The van der Waals surface area contributed by atoms with Gasteiger partial charge in [0.05, 0.1) is 23.9 Å². The van der Waals surface area contributed by atoms with Gasteiger partial charge < -0.3 is 10.1 Å². The number of thiocarbonyl (C=S) groups is 1. The van der Waals surface area contributed by atoms with Gasteiger partial charge in [0.2, 0.25) is 0 Å². The molecule has 0 atom stereocenters. The molecule has 29 heavy (non-hydrogen) atoms. The van der Waals surface area contributed by atoms with E-state index in [1.807, 2.05) is 54.6 Å². The molecule has 0 amide bonds. The maximum Gasteiger partial charge on any atom is 0.269 e.